The highest BCUT2D eigenvalue weighted by molar-refractivity contribution is 5.90. The molecule has 0 radical (unpaired) electrons. The first-order valence-electron chi connectivity index (χ1n) is 7.46. The third-order valence-electron chi connectivity index (χ3n) is 3.41. The topological polar surface area (TPSA) is 53.2 Å². The molecule has 0 aliphatic heterocycles. The van der Waals surface area contributed by atoms with E-state index in [9.17, 15) is 4.79 Å². The van der Waals surface area contributed by atoms with Gasteiger partial charge in [0, 0.05) is 23.3 Å². The Morgan fingerprint density at radius 1 is 0.909 bits per heavy atom. The molecule has 2 aromatic rings. The first-order chi connectivity index (χ1) is 10.8. The van der Waals surface area contributed by atoms with Gasteiger partial charge in [0.15, 0.2) is 0 Å². The van der Waals surface area contributed by atoms with Crippen molar-refractivity contribution in [3.8, 4) is 0 Å². The summed E-state index contributed by atoms with van der Waals surface area (Å²) in [6.07, 6.45) is 6.22. The minimum Gasteiger partial charge on any atom is -0.356 e. The number of allylic oxidation sites excluding steroid dienone is 1. The Bertz CT molecular complexity index is 646. The van der Waals surface area contributed by atoms with E-state index in [1.807, 2.05) is 60.7 Å². The number of hydrogen-bond acceptors (Lipinski definition) is 2. The monoisotopic (exact) mass is 293 g/mol. The summed E-state index contributed by atoms with van der Waals surface area (Å²) in [5, 5.41) is 8.81. The van der Waals surface area contributed by atoms with E-state index in [2.05, 4.69) is 16.0 Å². The zero-order valence-corrected chi connectivity index (χ0v) is 12.3. The van der Waals surface area contributed by atoms with Crippen molar-refractivity contribution in [2.45, 2.75) is 12.8 Å². The van der Waals surface area contributed by atoms with Gasteiger partial charge in [-0.1, -0.05) is 24.3 Å². The number of nitrogens with one attached hydrogen (secondary N) is 3. The van der Waals surface area contributed by atoms with Crippen molar-refractivity contribution in [1.29, 1.82) is 0 Å². The maximum Gasteiger partial charge on any atom is 0.323 e. The SMILES string of the molecule is O=C(N/C=C/C1CC1)Nc1ccc(Nc2ccccc2)cc1. The van der Waals surface area contributed by atoms with Gasteiger partial charge in [-0.3, -0.25) is 0 Å². The molecule has 112 valence electrons. The van der Waals surface area contributed by atoms with Crippen molar-refractivity contribution < 1.29 is 4.79 Å². The summed E-state index contributed by atoms with van der Waals surface area (Å²) in [4.78, 5) is 11.7. The van der Waals surface area contributed by atoms with Crippen LogP contribution in [0.25, 0.3) is 0 Å². The van der Waals surface area contributed by atoms with Gasteiger partial charge in [-0.2, -0.15) is 0 Å². The van der Waals surface area contributed by atoms with Crippen LogP contribution in [-0.2, 0) is 0 Å². The Kier molecular flexibility index (Phi) is 4.39. The Morgan fingerprint density at radius 2 is 1.55 bits per heavy atom. The van der Waals surface area contributed by atoms with Crippen LogP contribution >= 0.6 is 0 Å². The van der Waals surface area contributed by atoms with Crippen LogP contribution in [0.4, 0.5) is 21.9 Å². The van der Waals surface area contributed by atoms with Gasteiger partial charge in [0.05, 0.1) is 0 Å². The standard InChI is InChI=1S/C18H19N3O/c22-18(19-13-12-14-6-7-14)21-17-10-8-16(9-11-17)20-15-4-2-1-3-5-15/h1-5,8-14,20H,6-7H2,(H2,19,21,22)/b13-12+. The summed E-state index contributed by atoms with van der Waals surface area (Å²) in [5.74, 6) is 0.656. The van der Waals surface area contributed by atoms with E-state index < -0.39 is 0 Å². The molecule has 0 unspecified atom stereocenters. The lowest BCUT2D eigenvalue weighted by Crippen LogP contribution is -2.23. The smallest absolute Gasteiger partial charge is 0.323 e. The average Bonchev–Trinajstić information content (AvgIpc) is 3.35. The molecule has 0 heterocycles. The molecule has 1 fully saturated rings. The number of rotatable bonds is 5. The highest BCUT2D eigenvalue weighted by atomic mass is 16.2. The van der Waals surface area contributed by atoms with Gasteiger partial charge in [0.2, 0.25) is 0 Å². The van der Waals surface area contributed by atoms with E-state index in [-0.39, 0.29) is 6.03 Å². The van der Waals surface area contributed by atoms with Gasteiger partial charge in [0.25, 0.3) is 0 Å². The third-order valence-corrected chi connectivity index (χ3v) is 3.41. The lowest BCUT2D eigenvalue weighted by molar-refractivity contribution is 0.255. The van der Waals surface area contributed by atoms with Crippen LogP contribution in [0, 0.1) is 5.92 Å². The molecule has 1 saturated carbocycles. The zero-order chi connectivity index (χ0) is 15.2. The second kappa shape index (κ2) is 6.80. The molecule has 3 rings (SSSR count). The summed E-state index contributed by atoms with van der Waals surface area (Å²) in [6, 6.07) is 17.3. The Balaban J connectivity index is 1.51. The van der Waals surface area contributed by atoms with E-state index in [0.29, 0.717) is 5.92 Å². The molecule has 4 heteroatoms. The highest BCUT2D eigenvalue weighted by Gasteiger charge is 2.17. The number of carbonyl (C=O) groups is 1. The summed E-state index contributed by atoms with van der Waals surface area (Å²) < 4.78 is 0. The average molecular weight is 293 g/mol. The molecule has 2 aromatic carbocycles. The minimum atomic E-state index is -0.222. The predicted molar refractivity (Wildman–Crippen MR) is 90.2 cm³/mol. The molecule has 2 amide bonds. The summed E-state index contributed by atoms with van der Waals surface area (Å²) in [6.45, 7) is 0. The molecular formula is C18H19N3O. The zero-order valence-electron chi connectivity index (χ0n) is 12.3. The quantitative estimate of drug-likeness (QED) is 0.761. The van der Waals surface area contributed by atoms with Crippen LogP contribution in [-0.4, -0.2) is 6.03 Å². The molecular weight excluding hydrogens is 274 g/mol. The van der Waals surface area contributed by atoms with E-state index >= 15 is 0 Å². The van der Waals surface area contributed by atoms with E-state index in [1.54, 1.807) is 6.20 Å². The van der Waals surface area contributed by atoms with Crippen LogP contribution in [0.2, 0.25) is 0 Å². The first-order valence-corrected chi connectivity index (χ1v) is 7.46. The Morgan fingerprint density at radius 3 is 2.23 bits per heavy atom. The van der Waals surface area contributed by atoms with Crippen molar-refractivity contribution in [3.63, 3.8) is 0 Å². The number of urea groups is 1. The molecule has 3 N–H and O–H groups in total. The fraction of sp³-hybridized carbons (Fsp3) is 0.167. The number of para-hydroxylation sites is 1. The van der Waals surface area contributed by atoms with Crippen LogP contribution in [0.3, 0.4) is 0 Å². The predicted octanol–water partition coefficient (Wildman–Crippen LogP) is 4.48. The molecule has 1 aliphatic carbocycles. The van der Waals surface area contributed by atoms with Crippen LogP contribution in [0.1, 0.15) is 12.8 Å². The number of anilines is 3. The minimum absolute atomic E-state index is 0.222. The van der Waals surface area contributed by atoms with Gasteiger partial charge in [-0.05, 0) is 55.2 Å². The number of carbonyl (C=O) groups excluding carboxylic acids is 1. The lowest BCUT2D eigenvalue weighted by atomic mass is 10.2. The van der Waals surface area contributed by atoms with E-state index in [0.717, 1.165) is 17.1 Å². The van der Waals surface area contributed by atoms with Crippen LogP contribution < -0.4 is 16.0 Å². The van der Waals surface area contributed by atoms with E-state index in [4.69, 9.17) is 0 Å². The second-order valence-corrected chi connectivity index (χ2v) is 5.36. The van der Waals surface area contributed by atoms with Crippen molar-refractivity contribution >= 4 is 23.1 Å². The van der Waals surface area contributed by atoms with Gasteiger partial charge in [-0.15, -0.1) is 0 Å². The van der Waals surface area contributed by atoms with Gasteiger partial charge < -0.3 is 16.0 Å². The maximum absolute atomic E-state index is 11.7. The van der Waals surface area contributed by atoms with Crippen molar-refractivity contribution in [1.82, 2.24) is 5.32 Å². The largest absolute Gasteiger partial charge is 0.356 e. The fourth-order valence-corrected chi connectivity index (χ4v) is 2.04. The summed E-state index contributed by atoms with van der Waals surface area (Å²) >= 11 is 0. The van der Waals surface area contributed by atoms with Crippen molar-refractivity contribution in [2.24, 2.45) is 5.92 Å². The molecule has 0 aromatic heterocycles. The highest BCUT2D eigenvalue weighted by Crippen LogP contribution is 2.29. The van der Waals surface area contributed by atoms with Gasteiger partial charge in [0.1, 0.15) is 0 Å². The lowest BCUT2D eigenvalue weighted by Gasteiger charge is -2.08. The molecule has 0 atom stereocenters. The summed E-state index contributed by atoms with van der Waals surface area (Å²) in [7, 11) is 0. The molecule has 0 saturated heterocycles. The first kappa shape index (κ1) is 14.2. The fourth-order valence-electron chi connectivity index (χ4n) is 2.04. The van der Waals surface area contributed by atoms with Crippen molar-refractivity contribution in [2.75, 3.05) is 10.6 Å². The normalized spacial score (nSPS) is 13.8. The van der Waals surface area contributed by atoms with Crippen LogP contribution in [0.5, 0.6) is 0 Å². The second-order valence-electron chi connectivity index (χ2n) is 5.36. The molecule has 1 aliphatic rings. The molecule has 4 nitrogen and oxygen atoms in total. The van der Waals surface area contributed by atoms with Crippen LogP contribution in [0.15, 0.2) is 66.9 Å². The number of benzene rings is 2. The molecule has 0 spiro atoms. The third kappa shape index (κ3) is 4.38. The Hall–Kier alpha value is -2.75. The van der Waals surface area contributed by atoms with Gasteiger partial charge >= 0.3 is 6.03 Å². The Labute approximate surface area is 130 Å². The number of hydrogen-bond donors (Lipinski definition) is 3. The molecule has 22 heavy (non-hydrogen) atoms. The van der Waals surface area contributed by atoms with E-state index in [1.165, 1.54) is 12.8 Å². The van der Waals surface area contributed by atoms with Crippen molar-refractivity contribution in [3.05, 3.63) is 66.9 Å². The summed E-state index contributed by atoms with van der Waals surface area (Å²) in [5.41, 5.74) is 2.77. The maximum atomic E-state index is 11.7. The molecule has 0 bridgehead atoms. The van der Waals surface area contributed by atoms with Gasteiger partial charge in [-0.25, -0.2) is 4.79 Å². The number of amides is 2.